The predicted molar refractivity (Wildman–Crippen MR) is 84.1 cm³/mol. The maximum Gasteiger partial charge on any atom is 0.315 e. The number of carbonyl (C=O) groups excluding carboxylic acids is 1. The first kappa shape index (κ1) is 13.9. The Balaban J connectivity index is 1.58. The number of rotatable bonds is 3. The van der Waals surface area contributed by atoms with Crippen molar-refractivity contribution < 1.29 is 4.79 Å². The van der Waals surface area contributed by atoms with Gasteiger partial charge in [-0.25, -0.2) is 4.79 Å². The van der Waals surface area contributed by atoms with E-state index in [1.54, 1.807) is 12.4 Å². The number of thioether (sulfide) groups is 1. The third kappa shape index (κ3) is 3.55. The van der Waals surface area contributed by atoms with Gasteiger partial charge in [-0.3, -0.25) is 4.98 Å². The number of nitrogens with one attached hydrogen (secondary N) is 2. The summed E-state index contributed by atoms with van der Waals surface area (Å²) in [6.45, 7) is 0.511. The van der Waals surface area contributed by atoms with Crippen LogP contribution in [-0.2, 0) is 6.54 Å². The predicted octanol–water partition coefficient (Wildman–Crippen LogP) is 3.12. The SMILES string of the molecule is O=C(NCc1ccncc1)NC1CCSc2ccccc21. The number of benzene rings is 1. The molecule has 1 atom stereocenters. The molecule has 0 radical (unpaired) electrons. The van der Waals surface area contributed by atoms with Gasteiger partial charge in [0.25, 0.3) is 0 Å². The third-order valence-corrected chi connectivity index (χ3v) is 4.59. The minimum Gasteiger partial charge on any atom is -0.334 e. The molecular formula is C16H17N3OS. The summed E-state index contributed by atoms with van der Waals surface area (Å²) >= 11 is 1.85. The van der Waals surface area contributed by atoms with Crippen molar-refractivity contribution >= 4 is 17.8 Å². The fraction of sp³-hybridized carbons (Fsp3) is 0.250. The molecule has 1 aliphatic heterocycles. The van der Waals surface area contributed by atoms with Crippen LogP contribution >= 0.6 is 11.8 Å². The Morgan fingerprint density at radius 2 is 2.05 bits per heavy atom. The van der Waals surface area contributed by atoms with Crippen LogP contribution in [0.25, 0.3) is 0 Å². The van der Waals surface area contributed by atoms with Crippen molar-refractivity contribution in [2.24, 2.45) is 0 Å². The van der Waals surface area contributed by atoms with Gasteiger partial charge < -0.3 is 10.6 Å². The van der Waals surface area contributed by atoms with E-state index in [2.05, 4.69) is 27.8 Å². The summed E-state index contributed by atoms with van der Waals surface area (Å²) in [6.07, 6.45) is 4.41. The number of pyridine rings is 1. The summed E-state index contributed by atoms with van der Waals surface area (Å²) in [6, 6.07) is 12.0. The standard InChI is InChI=1S/C16H17N3OS/c20-16(18-11-12-5-8-17-9-6-12)19-14-7-10-21-15-4-2-1-3-13(14)15/h1-6,8-9,14H,7,10-11H2,(H2,18,19,20). The fourth-order valence-electron chi connectivity index (χ4n) is 2.38. The second kappa shape index (κ2) is 6.63. The maximum atomic E-state index is 12.0. The topological polar surface area (TPSA) is 54.0 Å². The fourth-order valence-corrected chi connectivity index (χ4v) is 3.51. The van der Waals surface area contributed by atoms with Gasteiger partial charge in [0.05, 0.1) is 6.04 Å². The van der Waals surface area contributed by atoms with Crippen LogP contribution in [0, 0.1) is 0 Å². The highest BCUT2D eigenvalue weighted by atomic mass is 32.2. The number of aromatic nitrogens is 1. The van der Waals surface area contributed by atoms with Crippen LogP contribution in [0.4, 0.5) is 4.79 Å². The molecule has 2 aromatic rings. The van der Waals surface area contributed by atoms with Gasteiger partial charge in [-0.05, 0) is 35.7 Å². The minimum atomic E-state index is -0.126. The van der Waals surface area contributed by atoms with E-state index >= 15 is 0 Å². The summed E-state index contributed by atoms with van der Waals surface area (Å²) in [5.41, 5.74) is 2.26. The second-order valence-corrected chi connectivity index (χ2v) is 6.05. The number of urea groups is 1. The zero-order chi connectivity index (χ0) is 14.5. The highest BCUT2D eigenvalue weighted by molar-refractivity contribution is 7.99. The summed E-state index contributed by atoms with van der Waals surface area (Å²) in [7, 11) is 0. The number of amides is 2. The quantitative estimate of drug-likeness (QED) is 0.915. The highest BCUT2D eigenvalue weighted by Crippen LogP contribution is 2.35. The van der Waals surface area contributed by atoms with E-state index in [0.29, 0.717) is 6.54 Å². The minimum absolute atomic E-state index is 0.0971. The molecule has 1 unspecified atom stereocenters. The Bertz CT molecular complexity index is 618. The molecule has 1 aromatic carbocycles. The van der Waals surface area contributed by atoms with Gasteiger partial charge in [-0.15, -0.1) is 11.8 Å². The largest absolute Gasteiger partial charge is 0.334 e. The summed E-state index contributed by atoms with van der Waals surface area (Å²) in [4.78, 5) is 17.3. The Kier molecular flexibility index (Phi) is 4.40. The number of fused-ring (bicyclic) bond motifs is 1. The van der Waals surface area contributed by atoms with Gasteiger partial charge in [0.1, 0.15) is 0 Å². The van der Waals surface area contributed by atoms with Crippen molar-refractivity contribution in [3.05, 3.63) is 59.9 Å². The number of nitrogens with zero attached hydrogens (tertiary/aromatic N) is 1. The number of hydrogen-bond donors (Lipinski definition) is 2. The first-order valence-electron chi connectivity index (χ1n) is 6.98. The molecule has 1 aliphatic rings. The molecule has 5 heteroatoms. The first-order chi connectivity index (χ1) is 10.3. The van der Waals surface area contributed by atoms with Crippen LogP contribution in [-0.4, -0.2) is 16.8 Å². The van der Waals surface area contributed by atoms with E-state index in [4.69, 9.17) is 0 Å². The van der Waals surface area contributed by atoms with Gasteiger partial charge in [0.15, 0.2) is 0 Å². The molecule has 0 saturated heterocycles. The Labute approximate surface area is 128 Å². The van der Waals surface area contributed by atoms with Gasteiger partial charge in [-0.1, -0.05) is 18.2 Å². The van der Waals surface area contributed by atoms with E-state index in [0.717, 1.165) is 17.7 Å². The number of carbonyl (C=O) groups is 1. The lowest BCUT2D eigenvalue weighted by molar-refractivity contribution is 0.236. The average molecular weight is 299 g/mol. The van der Waals surface area contributed by atoms with Crippen LogP contribution in [0.15, 0.2) is 53.7 Å². The van der Waals surface area contributed by atoms with Gasteiger partial charge >= 0.3 is 6.03 Å². The van der Waals surface area contributed by atoms with Crippen molar-refractivity contribution in [1.29, 1.82) is 0 Å². The lowest BCUT2D eigenvalue weighted by Gasteiger charge is -2.25. The molecule has 1 aromatic heterocycles. The molecule has 3 rings (SSSR count). The lowest BCUT2D eigenvalue weighted by atomic mass is 10.0. The normalized spacial score (nSPS) is 16.9. The Hall–Kier alpha value is -2.01. The van der Waals surface area contributed by atoms with Gasteiger partial charge in [-0.2, -0.15) is 0 Å². The smallest absolute Gasteiger partial charge is 0.315 e. The van der Waals surface area contributed by atoms with E-state index in [1.807, 2.05) is 36.0 Å². The van der Waals surface area contributed by atoms with Crippen molar-refractivity contribution in [2.75, 3.05) is 5.75 Å². The molecule has 0 bridgehead atoms. The molecule has 0 spiro atoms. The van der Waals surface area contributed by atoms with Crippen LogP contribution in [0.1, 0.15) is 23.6 Å². The summed E-state index contributed by atoms with van der Waals surface area (Å²) in [5.74, 6) is 1.03. The van der Waals surface area contributed by atoms with Gasteiger partial charge in [0.2, 0.25) is 0 Å². The molecule has 4 nitrogen and oxygen atoms in total. The molecule has 108 valence electrons. The summed E-state index contributed by atoms with van der Waals surface area (Å²) < 4.78 is 0. The van der Waals surface area contributed by atoms with Crippen LogP contribution in [0.5, 0.6) is 0 Å². The summed E-state index contributed by atoms with van der Waals surface area (Å²) in [5, 5.41) is 5.96. The van der Waals surface area contributed by atoms with Crippen molar-refractivity contribution in [3.63, 3.8) is 0 Å². The van der Waals surface area contributed by atoms with Gasteiger partial charge in [0, 0.05) is 29.6 Å². The maximum absolute atomic E-state index is 12.0. The first-order valence-corrected chi connectivity index (χ1v) is 7.96. The lowest BCUT2D eigenvalue weighted by Crippen LogP contribution is -2.38. The van der Waals surface area contributed by atoms with Crippen molar-refractivity contribution in [2.45, 2.75) is 23.9 Å². The average Bonchev–Trinajstić information content (AvgIpc) is 2.54. The van der Waals surface area contributed by atoms with Crippen molar-refractivity contribution in [1.82, 2.24) is 15.6 Å². The molecule has 0 fully saturated rings. The number of hydrogen-bond acceptors (Lipinski definition) is 3. The molecule has 0 saturated carbocycles. The second-order valence-electron chi connectivity index (χ2n) is 4.91. The zero-order valence-electron chi connectivity index (χ0n) is 11.6. The molecular weight excluding hydrogens is 282 g/mol. The van der Waals surface area contributed by atoms with Crippen LogP contribution in [0.3, 0.4) is 0 Å². The highest BCUT2D eigenvalue weighted by Gasteiger charge is 2.21. The molecule has 0 aliphatic carbocycles. The monoisotopic (exact) mass is 299 g/mol. The van der Waals surface area contributed by atoms with Crippen molar-refractivity contribution in [3.8, 4) is 0 Å². The molecule has 2 amide bonds. The van der Waals surface area contributed by atoms with Crippen LogP contribution < -0.4 is 10.6 Å². The van der Waals surface area contributed by atoms with E-state index < -0.39 is 0 Å². The zero-order valence-corrected chi connectivity index (χ0v) is 12.4. The molecule has 21 heavy (non-hydrogen) atoms. The molecule has 2 N–H and O–H groups in total. The van der Waals surface area contributed by atoms with E-state index in [-0.39, 0.29) is 12.1 Å². The van der Waals surface area contributed by atoms with Crippen LogP contribution in [0.2, 0.25) is 0 Å². The van der Waals surface area contributed by atoms with E-state index in [1.165, 1.54) is 10.5 Å². The molecule has 2 heterocycles. The Morgan fingerprint density at radius 3 is 2.90 bits per heavy atom. The Morgan fingerprint density at radius 1 is 1.24 bits per heavy atom. The van der Waals surface area contributed by atoms with E-state index in [9.17, 15) is 4.79 Å². The third-order valence-electron chi connectivity index (χ3n) is 3.47.